The molecule has 0 rings (SSSR count). The molecule has 0 aromatic carbocycles. The number of nitrogens with zero attached hydrogens (tertiary/aromatic N) is 1. The summed E-state index contributed by atoms with van der Waals surface area (Å²) in [7, 11) is 0. The molecule has 0 aliphatic carbocycles. The van der Waals surface area contributed by atoms with E-state index in [0.717, 1.165) is 13.0 Å². The fourth-order valence-corrected chi connectivity index (χ4v) is 1.39. The van der Waals surface area contributed by atoms with E-state index in [1.807, 2.05) is 0 Å². The molecule has 0 radical (unpaired) electrons. The zero-order valence-corrected chi connectivity index (χ0v) is 8.81. The third-order valence-electron chi connectivity index (χ3n) is 2.22. The molecule has 0 unspecified atom stereocenters. The minimum Gasteiger partial charge on any atom is -0.292 e. The van der Waals surface area contributed by atoms with Crippen LogP contribution in [0, 0.1) is 5.53 Å². The molecule has 3 heteroatoms. The van der Waals surface area contributed by atoms with Crippen molar-refractivity contribution in [3.8, 4) is 0 Å². The summed E-state index contributed by atoms with van der Waals surface area (Å²) in [5.41, 5.74) is 9.16. The highest BCUT2D eigenvalue weighted by molar-refractivity contribution is 4.46. The number of hydrogen-bond acceptors (Lipinski definition) is 2. The molecule has 0 aromatic heterocycles. The molecule has 3 nitrogen and oxygen atoms in total. The van der Waals surface area contributed by atoms with Crippen LogP contribution in [0.4, 0.5) is 0 Å². The number of hydrogen-bond donors (Lipinski definition) is 2. The van der Waals surface area contributed by atoms with Gasteiger partial charge in [-0.25, -0.2) is 0 Å². The normalized spacial score (nSPS) is 9.92. The van der Waals surface area contributed by atoms with E-state index in [1.165, 1.54) is 44.9 Å². The van der Waals surface area contributed by atoms with Gasteiger partial charge < -0.3 is 0 Å². The van der Waals surface area contributed by atoms with Crippen LogP contribution in [0.25, 0.3) is 0 Å². The van der Waals surface area contributed by atoms with Crippen molar-refractivity contribution in [3.63, 3.8) is 0 Å². The van der Waals surface area contributed by atoms with Crippen molar-refractivity contribution in [3.05, 3.63) is 0 Å². The topological polar surface area (TPSA) is 48.2 Å². The highest BCUT2D eigenvalue weighted by atomic mass is 15.4. The van der Waals surface area contributed by atoms with Gasteiger partial charge in [-0.3, -0.25) is 5.43 Å². The Morgan fingerprint density at radius 1 is 0.923 bits per heavy atom. The molecule has 0 aromatic rings. The van der Waals surface area contributed by atoms with E-state index in [9.17, 15) is 0 Å². The summed E-state index contributed by atoms with van der Waals surface area (Å²) in [6.07, 6.45) is 10.6. The predicted molar refractivity (Wildman–Crippen MR) is 55.8 cm³/mol. The molecule has 0 saturated carbocycles. The summed E-state index contributed by atoms with van der Waals surface area (Å²) in [4.78, 5) is 0. The second kappa shape index (κ2) is 11.4. The molecule has 0 atom stereocenters. The first-order valence-corrected chi connectivity index (χ1v) is 5.51. The zero-order valence-electron chi connectivity index (χ0n) is 8.81. The van der Waals surface area contributed by atoms with Crippen LogP contribution in [0.1, 0.15) is 58.3 Å². The molecule has 13 heavy (non-hydrogen) atoms. The van der Waals surface area contributed by atoms with Crippen LogP contribution in [-0.2, 0) is 0 Å². The summed E-state index contributed by atoms with van der Waals surface area (Å²) >= 11 is 0. The summed E-state index contributed by atoms with van der Waals surface area (Å²) < 4.78 is 0. The highest BCUT2D eigenvalue weighted by Crippen LogP contribution is 2.07. The molecule has 0 spiro atoms. The lowest BCUT2D eigenvalue weighted by Crippen LogP contribution is -2.05. The monoisotopic (exact) mass is 185 g/mol. The smallest absolute Gasteiger partial charge is 0.0346 e. The molecule has 0 aliphatic heterocycles. The Morgan fingerprint density at radius 2 is 1.46 bits per heavy atom. The Bertz CT molecular complexity index is 104. The minimum atomic E-state index is 0.860. The first-order valence-electron chi connectivity index (χ1n) is 5.51. The lowest BCUT2D eigenvalue weighted by molar-refractivity contribution is 0.552. The molecule has 0 saturated heterocycles. The van der Waals surface area contributed by atoms with E-state index in [1.54, 1.807) is 0 Å². The van der Waals surface area contributed by atoms with Gasteiger partial charge in [0.2, 0.25) is 0 Å². The van der Waals surface area contributed by atoms with E-state index in [0.29, 0.717) is 0 Å². The van der Waals surface area contributed by atoms with E-state index < -0.39 is 0 Å². The van der Waals surface area contributed by atoms with Gasteiger partial charge in [0, 0.05) is 6.54 Å². The van der Waals surface area contributed by atoms with Crippen LogP contribution in [0.15, 0.2) is 5.22 Å². The van der Waals surface area contributed by atoms with Crippen LogP contribution in [0.2, 0.25) is 0 Å². The van der Waals surface area contributed by atoms with Crippen molar-refractivity contribution in [1.82, 2.24) is 5.43 Å². The predicted octanol–water partition coefficient (Wildman–Crippen LogP) is 3.66. The third-order valence-corrected chi connectivity index (χ3v) is 2.22. The first-order chi connectivity index (χ1) is 6.41. The standard InChI is InChI=1S/C10H23N3/c1-2-3-4-5-6-7-8-9-10-12-13-11/h2-10H2,1H3,(H2,11,12). The van der Waals surface area contributed by atoms with Crippen molar-refractivity contribution in [2.24, 2.45) is 5.22 Å². The number of rotatable bonds is 10. The Balaban J connectivity index is 2.79. The van der Waals surface area contributed by atoms with Gasteiger partial charge in [0.1, 0.15) is 0 Å². The van der Waals surface area contributed by atoms with Crippen molar-refractivity contribution in [2.75, 3.05) is 6.54 Å². The van der Waals surface area contributed by atoms with Crippen LogP contribution >= 0.6 is 0 Å². The lowest BCUT2D eigenvalue weighted by atomic mass is 10.1. The fourth-order valence-electron chi connectivity index (χ4n) is 1.39. The summed E-state index contributed by atoms with van der Waals surface area (Å²) in [5.74, 6) is 0. The van der Waals surface area contributed by atoms with E-state index in [4.69, 9.17) is 5.53 Å². The molecule has 0 heterocycles. The Morgan fingerprint density at radius 3 is 2.00 bits per heavy atom. The highest BCUT2D eigenvalue weighted by Gasteiger charge is 1.90. The van der Waals surface area contributed by atoms with Crippen molar-refractivity contribution >= 4 is 0 Å². The molecular weight excluding hydrogens is 162 g/mol. The van der Waals surface area contributed by atoms with Crippen LogP contribution in [0.5, 0.6) is 0 Å². The van der Waals surface area contributed by atoms with Crippen molar-refractivity contribution < 1.29 is 0 Å². The quantitative estimate of drug-likeness (QED) is 0.304. The van der Waals surface area contributed by atoms with Gasteiger partial charge >= 0.3 is 0 Å². The van der Waals surface area contributed by atoms with Crippen LogP contribution in [-0.4, -0.2) is 6.54 Å². The molecule has 0 bridgehead atoms. The van der Waals surface area contributed by atoms with Crippen molar-refractivity contribution in [2.45, 2.75) is 58.3 Å². The Hall–Kier alpha value is -0.600. The van der Waals surface area contributed by atoms with Crippen LogP contribution < -0.4 is 5.43 Å². The Labute approximate surface area is 81.8 Å². The molecular formula is C10H23N3. The Kier molecular flexibility index (Phi) is 10.9. The molecule has 0 amide bonds. The van der Waals surface area contributed by atoms with Gasteiger partial charge in [-0.1, -0.05) is 57.1 Å². The van der Waals surface area contributed by atoms with Crippen LogP contribution in [0.3, 0.4) is 0 Å². The molecule has 78 valence electrons. The van der Waals surface area contributed by atoms with Gasteiger partial charge in [0.05, 0.1) is 0 Å². The lowest BCUT2D eigenvalue weighted by Gasteiger charge is -2.00. The van der Waals surface area contributed by atoms with Gasteiger partial charge in [0.25, 0.3) is 0 Å². The third kappa shape index (κ3) is 11.4. The summed E-state index contributed by atoms with van der Waals surface area (Å²) in [6.45, 7) is 3.11. The first kappa shape index (κ1) is 12.4. The number of nitrogens with one attached hydrogen (secondary N) is 2. The van der Waals surface area contributed by atoms with E-state index >= 15 is 0 Å². The van der Waals surface area contributed by atoms with E-state index in [2.05, 4.69) is 17.6 Å². The minimum absolute atomic E-state index is 0.860. The maximum absolute atomic E-state index is 6.51. The second-order valence-corrected chi connectivity index (χ2v) is 3.49. The van der Waals surface area contributed by atoms with Gasteiger partial charge in [0.15, 0.2) is 0 Å². The fraction of sp³-hybridized carbons (Fsp3) is 1.00. The largest absolute Gasteiger partial charge is 0.292 e. The zero-order chi connectivity index (χ0) is 9.78. The summed E-state index contributed by atoms with van der Waals surface area (Å²) in [5, 5.41) is 3.09. The van der Waals surface area contributed by atoms with Gasteiger partial charge in [-0.2, -0.15) is 5.53 Å². The molecule has 2 N–H and O–H groups in total. The second-order valence-electron chi connectivity index (χ2n) is 3.49. The molecule has 0 aliphatic rings. The SMILES string of the molecule is CCCCCCCCCCNN=N. The maximum Gasteiger partial charge on any atom is 0.0346 e. The van der Waals surface area contributed by atoms with Crippen molar-refractivity contribution in [1.29, 1.82) is 5.53 Å². The molecule has 0 fully saturated rings. The van der Waals surface area contributed by atoms with Gasteiger partial charge in [-0.15, -0.1) is 0 Å². The maximum atomic E-state index is 6.51. The van der Waals surface area contributed by atoms with Gasteiger partial charge in [-0.05, 0) is 6.42 Å². The average Bonchev–Trinajstić information content (AvgIpc) is 2.16. The number of unbranched alkanes of at least 4 members (excludes halogenated alkanes) is 7. The summed E-state index contributed by atoms with van der Waals surface area (Å²) in [6, 6.07) is 0. The van der Waals surface area contributed by atoms with E-state index in [-0.39, 0.29) is 0 Å². The average molecular weight is 185 g/mol.